The summed E-state index contributed by atoms with van der Waals surface area (Å²) in [5.41, 5.74) is 2.12. The largest absolute Gasteiger partial charge is 0.478 e. The van der Waals surface area contributed by atoms with Gasteiger partial charge in [-0.3, -0.25) is 14.9 Å². The first-order valence-electron chi connectivity index (χ1n) is 7.84. The van der Waals surface area contributed by atoms with Crippen molar-refractivity contribution in [2.45, 2.75) is 6.92 Å². The lowest BCUT2D eigenvalue weighted by Gasteiger charge is -2.06. The van der Waals surface area contributed by atoms with E-state index in [2.05, 4.69) is 5.32 Å². The van der Waals surface area contributed by atoms with Crippen LogP contribution in [0.4, 0.5) is 10.7 Å². The highest BCUT2D eigenvalue weighted by molar-refractivity contribution is 7.15. The number of nitro groups is 1. The maximum atomic E-state index is 12.4. The molecule has 1 aromatic heterocycles. The van der Waals surface area contributed by atoms with Gasteiger partial charge in [-0.15, -0.1) is 11.3 Å². The monoisotopic (exact) mass is 382 g/mol. The highest BCUT2D eigenvalue weighted by Gasteiger charge is 2.22. The number of benzene rings is 2. The summed E-state index contributed by atoms with van der Waals surface area (Å²) in [7, 11) is 0. The number of anilines is 1. The van der Waals surface area contributed by atoms with E-state index < -0.39 is 16.8 Å². The van der Waals surface area contributed by atoms with Gasteiger partial charge in [0.2, 0.25) is 0 Å². The van der Waals surface area contributed by atoms with Gasteiger partial charge in [0.15, 0.2) is 0 Å². The van der Waals surface area contributed by atoms with Crippen LogP contribution in [0.1, 0.15) is 26.3 Å². The molecule has 0 radical (unpaired) electrons. The number of aryl methyl sites for hydroxylation is 1. The molecule has 7 nitrogen and oxygen atoms in total. The van der Waals surface area contributed by atoms with Gasteiger partial charge in [0.05, 0.1) is 4.92 Å². The number of rotatable bonds is 5. The van der Waals surface area contributed by atoms with Crippen molar-refractivity contribution in [3.8, 4) is 11.1 Å². The van der Waals surface area contributed by atoms with E-state index in [1.165, 1.54) is 18.2 Å². The van der Waals surface area contributed by atoms with Gasteiger partial charge in [-0.25, -0.2) is 4.79 Å². The van der Waals surface area contributed by atoms with Crippen molar-refractivity contribution < 1.29 is 19.6 Å². The van der Waals surface area contributed by atoms with Gasteiger partial charge in [0, 0.05) is 28.6 Å². The maximum Gasteiger partial charge on any atom is 0.339 e. The molecule has 2 N–H and O–H groups in total. The Balaban J connectivity index is 1.94. The van der Waals surface area contributed by atoms with Crippen LogP contribution in [0.15, 0.2) is 53.9 Å². The molecule has 27 heavy (non-hydrogen) atoms. The summed E-state index contributed by atoms with van der Waals surface area (Å²) in [4.78, 5) is 34.5. The van der Waals surface area contributed by atoms with E-state index in [0.717, 1.165) is 28.5 Å². The highest BCUT2D eigenvalue weighted by atomic mass is 32.1. The Morgan fingerprint density at radius 1 is 1.15 bits per heavy atom. The standard InChI is InChI=1S/C19H14N2O5S/c1-11-5-7-12(8-6-11)15-10-27-18(16(15)19(23)24)20-17(22)13-3-2-4-14(9-13)21(25)26/h2-10H,1H3,(H,20,22)(H,23,24). The summed E-state index contributed by atoms with van der Waals surface area (Å²) in [6, 6.07) is 12.6. The molecule has 8 heteroatoms. The zero-order valence-corrected chi connectivity index (χ0v) is 14.9. The second-order valence-electron chi connectivity index (χ2n) is 5.79. The number of hydrogen-bond donors (Lipinski definition) is 2. The fourth-order valence-electron chi connectivity index (χ4n) is 2.54. The van der Waals surface area contributed by atoms with Crippen LogP contribution in [0, 0.1) is 17.0 Å². The summed E-state index contributed by atoms with van der Waals surface area (Å²) in [5, 5.41) is 24.9. The van der Waals surface area contributed by atoms with E-state index in [4.69, 9.17) is 0 Å². The second-order valence-corrected chi connectivity index (χ2v) is 6.67. The summed E-state index contributed by atoms with van der Waals surface area (Å²) < 4.78 is 0. The molecule has 0 aliphatic rings. The Morgan fingerprint density at radius 3 is 2.48 bits per heavy atom. The molecular weight excluding hydrogens is 368 g/mol. The van der Waals surface area contributed by atoms with Crippen molar-refractivity contribution in [1.29, 1.82) is 0 Å². The summed E-state index contributed by atoms with van der Waals surface area (Å²) in [5.74, 6) is -1.78. The van der Waals surface area contributed by atoms with Gasteiger partial charge < -0.3 is 10.4 Å². The molecule has 0 fully saturated rings. The normalized spacial score (nSPS) is 10.4. The van der Waals surface area contributed by atoms with E-state index >= 15 is 0 Å². The summed E-state index contributed by atoms with van der Waals surface area (Å²) >= 11 is 1.09. The zero-order chi connectivity index (χ0) is 19.6. The van der Waals surface area contributed by atoms with Crippen molar-refractivity contribution in [2.24, 2.45) is 0 Å². The van der Waals surface area contributed by atoms with Crippen molar-refractivity contribution in [3.05, 3.63) is 80.7 Å². The van der Waals surface area contributed by atoms with Crippen LogP contribution in [0.5, 0.6) is 0 Å². The average molecular weight is 382 g/mol. The molecule has 0 spiro atoms. The maximum absolute atomic E-state index is 12.4. The molecule has 0 saturated heterocycles. The van der Waals surface area contributed by atoms with Crippen LogP contribution in [-0.4, -0.2) is 21.9 Å². The molecule has 0 atom stereocenters. The number of carbonyl (C=O) groups excluding carboxylic acids is 1. The number of aromatic carboxylic acids is 1. The van der Waals surface area contributed by atoms with E-state index in [1.54, 1.807) is 5.38 Å². The minimum Gasteiger partial charge on any atom is -0.478 e. The van der Waals surface area contributed by atoms with Gasteiger partial charge in [0.1, 0.15) is 10.6 Å². The number of amides is 1. The zero-order valence-electron chi connectivity index (χ0n) is 14.1. The Hall–Kier alpha value is -3.52. The number of nitro benzene ring substituents is 1. The lowest BCUT2D eigenvalue weighted by atomic mass is 10.0. The first kappa shape index (κ1) is 18.3. The summed E-state index contributed by atoms with van der Waals surface area (Å²) in [6.45, 7) is 1.93. The smallest absolute Gasteiger partial charge is 0.339 e. The quantitative estimate of drug-likeness (QED) is 0.496. The Labute approximate surface area is 158 Å². The first-order valence-corrected chi connectivity index (χ1v) is 8.72. The fraction of sp³-hybridized carbons (Fsp3) is 0.0526. The van der Waals surface area contributed by atoms with Gasteiger partial charge in [-0.05, 0) is 18.6 Å². The van der Waals surface area contributed by atoms with Gasteiger partial charge in [-0.2, -0.15) is 0 Å². The van der Waals surface area contributed by atoms with Crippen LogP contribution in [0.25, 0.3) is 11.1 Å². The van der Waals surface area contributed by atoms with Crippen LogP contribution in [-0.2, 0) is 0 Å². The number of carbonyl (C=O) groups is 2. The third-order valence-corrected chi connectivity index (χ3v) is 4.81. The Morgan fingerprint density at radius 2 is 1.85 bits per heavy atom. The minimum absolute atomic E-state index is 0.0115. The lowest BCUT2D eigenvalue weighted by Crippen LogP contribution is -2.13. The van der Waals surface area contributed by atoms with Gasteiger partial charge in [0.25, 0.3) is 11.6 Å². The molecule has 0 bridgehead atoms. The number of carboxylic acid groups (broad SMARTS) is 1. The number of non-ortho nitro benzene ring substituents is 1. The Bertz CT molecular complexity index is 1040. The molecule has 136 valence electrons. The third kappa shape index (κ3) is 3.85. The van der Waals surface area contributed by atoms with Crippen molar-refractivity contribution >= 4 is 33.9 Å². The molecule has 1 amide bonds. The molecular formula is C19H14N2O5S. The highest BCUT2D eigenvalue weighted by Crippen LogP contribution is 2.36. The molecule has 3 aromatic rings. The molecule has 0 unspecified atom stereocenters. The molecule has 0 aliphatic heterocycles. The molecule has 2 aromatic carbocycles. The minimum atomic E-state index is -1.17. The van der Waals surface area contributed by atoms with Gasteiger partial charge >= 0.3 is 5.97 Å². The fourth-order valence-corrected chi connectivity index (χ4v) is 3.50. The van der Waals surface area contributed by atoms with Crippen molar-refractivity contribution in [1.82, 2.24) is 0 Å². The van der Waals surface area contributed by atoms with Crippen molar-refractivity contribution in [3.63, 3.8) is 0 Å². The first-order chi connectivity index (χ1) is 12.9. The van der Waals surface area contributed by atoms with Crippen LogP contribution in [0.3, 0.4) is 0 Å². The van der Waals surface area contributed by atoms with Gasteiger partial charge in [-0.1, -0.05) is 35.9 Å². The Kier molecular flexibility index (Phi) is 5.00. The van der Waals surface area contributed by atoms with E-state index in [-0.39, 0.29) is 21.8 Å². The lowest BCUT2D eigenvalue weighted by molar-refractivity contribution is -0.384. The van der Waals surface area contributed by atoms with Crippen LogP contribution >= 0.6 is 11.3 Å². The predicted molar refractivity (Wildman–Crippen MR) is 103 cm³/mol. The average Bonchev–Trinajstić information content (AvgIpc) is 3.06. The van der Waals surface area contributed by atoms with E-state index in [0.29, 0.717) is 5.56 Å². The molecule has 0 aliphatic carbocycles. The van der Waals surface area contributed by atoms with E-state index in [1.807, 2.05) is 31.2 Å². The third-order valence-electron chi connectivity index (χ3n) is 3.91. The molecule has 0 saturated carbocycles. The van der Waals surface area contributed by atoms with Crippen LogP contribution < -0.4 is 5.32 Å². The predicted octanol–water partition coefficient (Wildman–Crippen LogP) is 4.58. The number of hydrogen-bond acceptors (Lipinski definition) is 5. The number of nitrogens with zero attached hydrogens (tertiary/aromatic N) is 1. The van der Waals surface area contributed by atoms with E-state index in [9.17, 15) is 24.8 Å². The molecule has 3 rings (SSSR count). The van der Waals surface area contributed by atoms with Crippen LogP contribution in [0.2, 0.25) is 0 Å². The number of thiophene rings is 1. The topological polar surface area (TPSA) is 110 Å². The number of carboxylic acids is 1. The van der Waals surface area contributed by atoms with Crippen molar-refractivity contribution in [2.75, 3.05) is 5.32 Å². The number of nitrogens with one attached hydrogen (secondary N) is 1. The summed E-state index contributed by atoms with van der Waals surface area (Å²) in [6.07, 6.45) is 0. The second kappa shape index (κ2) is 7.38. The molecule has 1 heterocycles. The SMILES string of the molecule is Cc1ccc(-c2csc(NC(=O)c3cccc([N+](=O)[O-])c3)c2C(=O)O)cc1.